The van der Waals surface area contributed by atoms with E-state index in [0.29, 0.717) is 12.1 Å². The van der Waals surface area contributed by atoms with Crippen molar-refractivity contribution in [2.24, 2.45) is 0 Å². The smallest absolute Gasteiger partial charge is 0.0570 e. The largest absolute Gasteiger partial charge is 0.393 e. The molecule has 2 fully saturated rings. The van der Waals surface area contributed by atoms with Crippen LogP contribution in [0.5, 0.6) is 0 Å². The zero-order valence-corrected chi connectivity index (χ0v) is 11.3. The molecule has 0 aromatic heterocycles. The van der Waals surface area contributed by atoms with Gasteiger partial charge in [-0.25, -0.2) is 0 Å². The maximum Gasteiger partial charge on any atom is 0.0570 e. The van der Waals surface area contributed by atoms with Crippen LogP contribution >= 0.6 is 0 Å². The highest BCUT2D eigenvalue weighted by atomic mass is 16.3. The molecule has 19 heavy (non-hydrogen) atoms. The number of hydrogen-bond acceptors (Lipinski definition) is 3. The summed E-state index contributed by atoms with van der Waals surface area (Å²) in [5, 5.41) is 13.4. The van der Waals surface area contributed by atoms with Crippen LogP contribution in [0.3, 0.4) is 0 Å². The van der Waals surface area contributed by atoms with Crippen molar-refractivity contribution in [3.8, 4) is 0 Å². The molecule has 1 aromatic carbocycles. The molecular formula is C16H22N2O. The van der Waals surface area contributed by atoms with Crippen molar-refractivity contribution in [2.45, 2.75) is 56.8 Å². The average Bonchev–Trinajstić information content (AvgIpc) is 2.95. The van der Waals surface area contributed by atoms with Crippen molar-refractivity contribution < 1.29 is 5.11 Å². The van der Waals surface area contributed by atoms with Gasteiger partial charge >= 0.3 is 0 Å². The Morgan fingerprint density at radius 3 is 2.79 bits per heavy atom. The van der Waals surface area contributed by atoms with Gasteiger partial charge in [-0.2, -0.15) is 0 Å². The van der Waals surface area contributed by atoms with Gasteiger partial charge in [0, 0.05) is 30.9 Å². The SMILES string of the molecule is OC1CC2CCC(C1)N2Cc1cccc2c1NCC2. The summed E-state index contributed by atoms with van der Waals surface area (Å²) >= 11 is 0. The first kappa shape index (κ1) is 11.7. The highest BCUT2D eigenvalue weighted by molar-refractivity contribution is 5.61. The van der Waals surface area contributed by atoms with Crippen LogP contribution in [0.25, 0.3) is 0 Å². The number of aliphatic hydroxyl groups is 1. The highest BCUT2D eigenvalue weighted by Crippen LogP contribution is 2.38. The minimum atomic E-state index is -0.0617. The maximum absolute atomic E-state index is 9.89. The van der Waals surface area contributed by atoms with Crippen LogP contribution in [-0.2, 0) is 13.0 Å². The van der Waals surface area contributed by atoms with E-state index < -0.39 is 0 Å². The fraction of sp³-hybridized carbons (Fsp3) is 0.625. The van der Waals surface area contributed by atoms with Crippen molar-refractivity contribution >= 4 is 5.69 Å². The molecular weight excluding hydrogens is 236 g/mol. The van der Waals surface area contributed by atoms with Crippen molar-refractivity contribution in [1.29, 1.82) is 0 Å². The average molecular weight is 258 g/mol. The second-order valence-electron chi connectivity index (χ2n) is 6.31. The molecule has 0 aliphatic carbocycles. The highest BCUT2D eigenvalue weighted by Gasteiger charge is 2.40. The lowest BCUT2D eigenvalue weighted by molar-refractivity contribution is 0.0311. The zero-order valence-electron chi connectivity index (χ0n) is 11.3. The van der Waals surface area contributed by atoms with E-state index in [9.17, 15) is 5.11 Å². The van der Waals surface area contributed by atoms with E-state index in [-0.39, 0.29) is 6.10 Å². The Balaban J connectivity index is 1.58. The number of piperidine rings is 1. The Morgan fingerprint density at radius 1 is 1.21 bits per heavy atom. The van der Waals surface area contributed by atoms with E-state index in [0.717, 1.165) is 32.4 Å². The molecule has 1 aromatic rings. The number of nitrogens with zero attached hydrogens (tertiary/aromatic N) is 1. The summed E-state index contributed by atoms with van der Waals surface area (Å²) < 4.78 is 0. The van der Waals surface area contributed by atoms with Gasteiger partial charge in [-0.05, 0) is 43.2 Å². The lowest BCUT2D eigenvalue weighted by Crippen LogP contribution is -2.44. The van der Waals surface area contributed by atoms with Crippen molar-refractivity contribution in [3.63, 3.8) is 0 Å². The molecule has 2 saturated heterocycles. The topological polar surface area (TPSA) is 35.5 Å². The van der Waals surface area contributed by atoms with E-state index in [1.54, 1.807) is 0 Å². The van der Waals surface area contributed by atoms with E-state index in [2.05, 4.69) is 28.4 Å². The Labute approximate surface area is 114 Å². The molecule has 3 aliphatic rings. The minimum Gasteiger partial charge on any atom is -0.393 e. The summed E-state index contributed by atoms with van der Waals surface area (Å²) in [6, 6.07) is 7.91. The first-order valence-corrected chi connectivity index (χ1v) is 7.59. The molecule has 3 heteroatoms. The summed E-state index contributed by atoms with van der Waals surface area (Å²) in [5.41, 5.74) is 4.30. The van der Waals surface area contributed by atoms with Crippen molar-refractivity contribution in [2.75, 3.05) is 11.9 Å². The first-order valence-electron chi connectivity index (χ1n) is 7.59. The number of aliphatic hydroxyl groups excluding tert-OH is 1. The predicted molar refractivity (Wildman–Crippen MR) is 76.2 cm³/mol. The maximum atomic E-state index is 9.89. The third kappa shape index (κ3) is 1.96. The number of rotatable bonds is 2. The Hall–Kier alpha value is -1.06. The summed E-state index contributed by atoms with van der Waals surface area (Å²) in [4.78, 5) is 2.64. The predicted octanol–water partition coefficient (Wildman–Crippen LogP) is 2.14. The molecule has 0 radical (unpaired) electrons. The fourth-order valence-corrected chi connectivity index (χ4v) is 4.24. The minimum absolute atomic E-state index is 0.0617. The van der Waals surface area contributed by atoms with E-state index >= 15 is 0 Å². The number of para-hydroxylation sites is 1. The molecule has 2 unspecified atom stereocenters. The molecule has 102 valence electrons. The number of nitrogens with one attached hydrogen (secondary N) is 1. The van der Waals surface area contributed by atoms with Crippen molar-refractivity contribution in [1.82, 2.24) is 4.90 Å². The Morgan fingerprint density at radius 2 is 2.00 bits per heavy atom. The van der Waals surface area contributed by atoms with Crippen molar-refractivity contribution in [3.05, 3.63) is 29.3 Å². The third-order valence-electron chi connectivity index (χ3n) is 5.15. The van der Waals surface area contributed by atoms with Crippen LogP contribution < -0.4 is 5.32 Å². The summed E-state index contributed by atoms with van der Waals surface area (Å²) in [7, 11) is 0. The number of fused-ring (bicyclic) bond motifs is 3. The van der Waals surface area contributed by atoms with E-state index in [1.807, 2.05) is 0 Å². The Kier molecular flexibility index (Phi) is 2.78. The van der Waals surface area contributed by atoms with Crippen LogP contribution in [0.1, 0.15) is 36.8 Å². The van der Waals surface area contributed by atoms with E-state index in [4.69, 9.17) is 0 Å². The lowest BCUT2D eigenvalue weighted by atomic mass is 9.98. The number of benzene rings is 1. The molecule has 0 spiro atoms. The zero-order chi connectivity index (χ0) is 12.8. The van der Waals surface area contributed by atoms with Gasteiger partial charge in [0.2, 0.25) is 0 Å². The summed E-state index contributed by atoms with van der Waals surface area (Å²) in [5.74, 6) is 0. The van der Waals surface area contributed by atoms with Crippen LogP contribution in [-0.4, -0.2) is 34.7 Å². The van der Waals surface area contributed by atoms with Gasteiger partial charge in [0.05, 0.1) is 6.10 Å². The lowest BCUT2D eigenvalue weighted by Gasteiger charge is -2.37. The van der Waals surface area contributed by atoms with Crippen LogP contribution in [0, 0.1) is 0 Å². The van der Waals surface area contributed by atoms with Gasteiger partial charge < -0.3 is 10.4 Å². The van der Waals surface area contributed by atoms with E-state index in [1.165, 1.54) is 29.7 Å². The standard InChI is InChI=1S/C16H22N2O/c19-15-8-13-4-5-14(9-15)18(13)10-12-3-1-2-11-6-7-17-16(11)12/h1-3,13-15,17,19H,4-10H2. The molecule has 0 amide bonds. The molecule has 2 N–H and O–H groups in total. The first-order chi connectivity index (χ1) is 9.31. The summed E-state index contributed by atoms with van der Waals surface area (Å²) in [6.45, 7) is 2.14. The molecule has 3 nitrogen and oxygen atoms in total. The molecule has 2 atom stereocenters. The quantitative estimate of drug-likeness (QED) is 0.853. The molecule has 0 saturated carbocycles. The second kappa shape index (κ2) is 4.50. The van der Waals surface area contributed by atoms with Gasteiger partial charge in [-0.1, -0.05) is 18.2 Å². The van der Waals surface area contributed by atoms with Gasteiger partial charge in [0.25, 0.3) is 0 Å². The molecule has 2 bridgehead atoms. The molecule has 4 rings (SSSR count). The summed E-state index contributed by atoms with van der Waals surface area (Å²) in [6.07, 6.45) is 5.58. The van der Waals surface area contributed by atoms with Gasteiger partial charge in [-0.3, -0.25) is 4.90 Å². The Bertz CT molecular complexity index is 474. The second-order valence-corrected chi connectivity index (χ2v) is 6.31. The van der Waals surface area contributed by atoms with Gasteiger partial charge in [0.15, 0.2) is 0 Å². The molecule has 3 heterocycles. The molecule has 3 aliphatic heterocycles. The fourth-order valence-electron chi connectivity index (χ4n) is 4.24. The monoisotopic (exact) mass is 258 g/mol. The van der Waals surface area contributed by atoms with Crippen LogP contribution in [0.2, 0.25) is 0 Å². The third-order valence-corrected chi connectivity index (χ3v) is 5.15. The normalized spacial score (nSPS) is 33.2. The number of anilines is 1. The van der Waals surface area contributed by atoms with Crippen LogP contribution in [0.4, 0.5) is 5.69 Å². The van der Waals surface area contributed by atoms with Gasteiger partial charge in [0.1, 0.15) is 0 Å². The van der Waals surface area contributed by atoms with Crippen LogP contribution in [0.15, 0.2) is 18.2 Å². The van der Waals surface area contributed by atoms with Gasteiger partial charge in [-0.15, -0.1) is 0 Å². The number of hydrogen-bond donors (Lipinski definition) is 2.